The summed E-state index contributed by atoms with van der Waals surface area (Å²) in [5.74, 6) is 0.931. The van der Waals surface area contributed by atoms with Gasteiger partial charge < -0.3 is 10.1 Å². The van der Waals surface area contributed by atoms with Crippen molar-refractivity contribution in [3.63, 3.8) is 0 Å². The molecule has 1 aromatic heterocycles. The SMILES string of the molecule is COC(=O)Nc1ccc(Nc2ccc(C)cc2)nn1. The summed E-state index contributed by atoms with van der Waals surface area (Å²) in [5.41, 5.74) is 2.11. The molecule has 2 N–H and O–H groups in total. The first-order valence-electron chi connectivity index (χ1n) is 5.70. The Morgan fingerprint density at radius 3 is 2.26 bits per heavy atom. The van der Waals surface area contributed by atoms with Crippen molar-refractivity contribution in [3.05, 3.63) is 42.0 Å². The third-order valence-electron chi connectivity index (χ3n) is 2.40. The third kappa shape index (κ3) is 3.67. The number of rotatable bonds is 3. The summed E-state index contributed by atoms with van der Waals surface area (Å²) in [6.07, 6.45) is -0.575. The molecule has 2 aromatic rings. The van der Waals surface area contributed by atoms with E-state index < -0.39 is 6.09 Å². The first-order valence-corrected chi connectivity index (χ1v) is 5.70. The number of carbonyl (C=O) groups is 1. The standard InChI is InChI=1S/C13H14N4O2/c1-9-3-5-10(6-4-9)14-11-7-8-12(17-16-11)15-13(18)19-2/h3-8H,1-2H3,(H,14,16)(H,15,17,18). The monoisotopic (exact) mass is 258 g/mol. The lowest BCUT2D eigenvalue weighted by Crippen LogP contribution is -2.12. The Morgan fingerprint density at radius 2 is 1.68 bits per heavy atom. The highest BCUT2D eigenvalue weighted by Crippen LogP contribution is 2.15. The molecule has 0 spiro atoms. The maximum absolute atomic E-state index is 11.0. The second-order valence-electron chi connectivity index (χ2n) is 3.91. The molecule has 1 aromatic carbocycles. The van der Waals surface area contributed by atoms with Crippen molar-refractivity contribution in [2.75, 3.05) is 17.7 Å². The first-order chi connectivity index (χ1) is 9.17. The Bertz CT molecular complexity index is 552. The molecule has 0 aliphatic carbocycles. The molecule has 0 radical (unpaired) electrons. The van der Waals surface area contributed by atoms with Gasteiger partial charge in [-0.1, -0.05) is 17.7 Å². The molecule has 0 saturated carbocycles. The summed E-state index contributed by atoms with van der Waals surface area (Å²) in [4.78, 5) is 11.0. The van der Waals surface area contributed by atoms with Crippen LogP contribution in [0.4, 0.5) is 22.1 Å². The molecule has 0 bridgehead atoms. The molecule has 1 heterocycles. The number of nitrogens with zero attached hydrogens (tertiary/aromatic N) is 2. The van der Waals surface area contributed by atoms with Crippen molar-refractivity contribution in [1.29, 1.82) is 0 Å². The molecule has 19 heavy (non-hydrogen) atoms. The Kier molecular flexibility index (Phi) is 3.92. The van der Waals surface area contributed by atoms with Crippen LogP contribution in [-0.2, 0) is 4.74 Å². The van der Waals surface area contributed by atoms with Gasteiger partial charge in [-0.05, 0) is 31.2 Å². The average Bonchev–Trinajstić information content (AvgIpc) is 2.43. The van der Waals surface area contributed by atoms with Gasteiger partial charge in [0.2, 0.25) is 0 Å². The second kappa shape index (κ2) is 5.81. The zero-order chi connectivity index (χ0) is 13.7. The molecule has 2 rings (SSSR count). The summed E-state index contributed by atoms with van der Waals surface area (Å²) < 4.78 is 4.46. The van der Waals surface area contributed by atoms with Gasteiger partial charge in [-0.2, -0.15) is 0 Å². The van der Waals surface area contributed by atoms with Crippen molar-refractivity contribution in [2.24, 2.45) is 0 Å². The highest BCUT2D eigenvalue weighted by molar-refractivity contribution is 5.83. The molecule has 98 valence electrons. The van der Waals surface area contributed by atoms with E-state index in [2.05, 4.69) is 25.6 Å². The number of aryl methyl sites for hydroxylation is 1. The number of hydrogen-bond acceptors (Lipinski definition) is 5. The fourth-order valence-corrected chi connectivity index (χ4v) is 1.41. The Labute approximate surface area is 110 Å². The van der Waals surface area contributed by atoms with E-state index in [0.717, 1.165) is 5.69 Å². The lowest BCUT2D eigenvalue weighted by Gasteiger charge is -2.06. The predicted molar refractivity (Wildman–Crippen MR) is 72.5 cm³/mol. The van der Waals surface area contributed by atoms with Crippen molar-refractivity contribution in [2.45, 2.75) is 6.92 Å². The highest BCUT2D eigenvalue weighted by Gasteiger charge is 2.02. The largest absolute Gasteiger partial charge is 0.453 e. The average molecular weight is 258 g/mol. The van der Waals surface area contributed by atoms with Crippen molar-refractivity contribution in [1.82, 2.24) is 10.2 Å². The minimum absolute atomic E-state index is 0.335. The first kappa shape index (κ1) is 12.8. The van der Waals surface area contributed by atoms with Gasteiger partial charge in [0, 0.05) is 5.69 Å². The topological polar surface area (TPSA) is 76.1 Å². The molecule has 0 atom stereocenters. The fraction of sp³-hybridized carbons (Fsp3) is 0.154. The van der Waals surface area contributed by atoms with Crippen LogP contribution in [0.15, 0.2) is 36.4 Å². The number of benzene rings is 1. The van der Waals surface area contributed by atoms with Crippen molar-refractivity contribution in [3.8, 4) is 0 Å². The summed E-state index contributed by atoms with van der Waals surface area (Å²) in [5, 5.41) is 13.3. The normalized spacial score (nSPS) is 9.79. The van der Waals surface area contributed by atoms with Gasteiger partial charge in [0.05, 0.1) is 7.11 Å². The maximum Gasteiger partial charge on any atom is 0.412 e. The molecule has 6 heteroatoms. The molecule has 0 saturated heterocycles. The van der Waals surface area contributed by atoms with Gasteiger partial charge in [0.25, 0.3) is 0 Å². The number of carbonyl (C=O) groups excluding carboxylic acids is 1. The van der Waals surface area contributed by atoms with E-state index in [9.17, 15) is 4.79 Å². The summed E-state index contributed by atoms with van der Waals surface area (Å²) in [6.45, 7) is 2.02. The zero-order valence-electron chi connectivity index (χ0n) is 10.7. The highest BCUT2D eigenvalue weighted by atomic mass is 16.5. The number of amides is 1. The molecule has 0 aliphatic rings. The van der Waals surface area contributed by atoms with Crippen LogP contribution in [0.2, 0.25) is 0 Å². The van der Waals surface area contributed by atoms with E-state index in [4.69, 9.17) is 0 Å². The number of hydrogen-bond donors (Lipinski definition) is 2. The van der Waals surface area contributed by atoms with Crippen LogP contribution >= 0.6 is 0 Å². The number of nitrogens with one attached hydrogen (secondary N) is 2. The number of methoxy groups -OCH3 is 1. The van der Waals surface area contributed by atoms with Crippen LogP contribution in [0.25, 0.3) is 0 Å². The maximum atomic E-state index is 11.0. The van der Waals surface area contributed by atoms with Crippen LogP contribution in [0.1, 0.15) is 5.56 Å². The fourth-order valence-electron chi connectivity index (χ4n) is 1.41. The van der Waals surface area contributed by atoms with Gasteiger partial charge in [0.15, 0.2) is 11.6 Å². The van der Waals surface area contributed by atoms with Gasteiger partial charge in [-0.15, -0.1) is 10.2 Å². The molecule has 6 nitrogen and oxygen atoms in total. The molecular formula is C13H14N4O2. The van der Waals surface area contributed by atoms with Crippen LogP contribution in [0.5, 0.6) is 0 Å². The predicted octanol–water partition coefficient (Wildman–Crippen LogP) is 2.71. The number of anilines is 3. The van der Waals surface area contributed by atoms with E-state index in [0.29, 0.717) is 11.6 Å². The zero-order valence-corrected chi connectivity index (χ0v) is 10.7. The molecule has 0 fully saturated rings. The second-order valence-corrected chi connectivity index (χ2v) is 3.91. The Balaban J connectivity index is 2.02. The minimum Gasteiger partial charge on any atom is -0.453 e. The summed E-state index contributed by atoms with van der Waals surface area (Å²) in [7, 11) is 1.29. The van der Waals surface area contributed by atoms with Crippen molar-refractivity contribution < 1.29 is 9.53 Å². The molecule has 1 amide bonds. The van der Waals surface area contributed by atoms with E-state index in [1.165, 1.54) is 12.7 Å². The Morgan fingerprint density at radius 1 is 1.05 bits per heavy atom. The molecular weight excluding hydrogens is 244 g/mol. The molecule has 0 aliphatic heterocycles. The smallest absolute Gasteiger partial charge is 0.412 e. The van der Waals surface area contributed by atoms with Crippen LogP contribution in [0.3, 0.4) is 0 Å². The van der Waals surface area contributed by atoms with Gasteiger partial charge in [-0.3, -0.25) is 5.32 Å². The van der Waals surface area contributed by atoms with Crippen molar-refractivity contribution >= 4 is 23.4 Å². The number of aromatic nitrogens is 2. The number of ether oxygens (including phenoxy) is 1. The lowest BCUT2D eigenvalue weighted by molar-refractivity contribution is 0.187. The van der Waals surface area contributed by atoms with Gasteiger partial charge >= 0.3 is 6.09 Å². The van der Waals surface area contributed by atoms with Gasteiger partial charge in [-0.25, -0.2) is 4.79 Å². The van der Waals surface area contributed by atoms with Crippen LogP contribution in [0, 0.1) is 6.92 Å². The van der Waals surface area contributed by atoms with E-state index >= 15 is 0 Å². The Hall–Kier alpha value is -2.63. The molecule has 0 unspecified atom stereocenters. The van der Waals surface area contributed by atoms with E-state index in [1.54, 1.807) is 12.1 Å². The summed E-state index contributed by atoms with van der Waals surface area (Å²) in [6, 6.07) is 11.3. The van der Waals surface area contributed by atoms with E-state index in [1.807, 2.05) is 31.2 Å². The summed E-state index contributed by atoms with van der Waals surface area (Å²) >= 11 is 0. The lowest BCUT2D eigenvalue weighted by atomic mass is 10.2. The van der Waals surface area contributed by atoms with E-state index in [-0.39, 0.29) is 0 Å². The minimum atomic E-state index is -0.575. The quantitative estimate of drug-likeness (QED) is 0.885. The van der Waals surface area contributed by atoms with Gasteiger partial charge in [0.1, 0.15) is 0 Å². The van der Waals surface area contributed by atoms with Crippen LogP contribution in [-0.4, -0.2) is 23.4 Å². The van der Waals surface area contributed by atoms with Crippen LogP contribution < -0.4 is 10.6 Å². The third-order valence-corrected chi connectivity index (χ3v) is 2.40.